The first-order valence-corrected chi connectivity index (χ1v) is 6.54. The van der Waals surface area contributed by atoms with Crippen molar-refractivity contribution in [3.63, 3.8) is 0 Å². The highest BCUT2D eigenvalue weighted by Crippen LogP contribution is 2.27. The molecule has 0 aromatic heterocycles. The third kappa shape index (κ3) is 3.38. The van der Waals surface area contributed by atoms with Crippen LogP contribution in [0.5, 0.6) is 0 Å². The molecule has 7 heteroatoms. The molecule has 1 aromatic rings. The lowest BCUT2D eigenvalue weighted by Crippen LogP contribution is -2.35. The molecule has 1 unspecified atom stereocenters. The van der Waals surface area contributed by atoms with E-state index in [9.17, 15) is 9.59 Å². The maximum Gasteiger partial charge on any atom is 0.346 e. The van der Waals surface area contributed by atoms with Gasteiger partial charge >= 0.3 is 6.03 Å². The van der Waals surface area contributed by atoms with Gasteiger partial charge in [-0.3, -0.25) is 4.79 Å². The Hall–Kier alpha value is -2.41. The first-order valence-electron chi connectivity index (χ1n) is 6.54. The minimum atomic E-state index is -0.390. The minimum Gasteiger partial charge on any atom is -0.385 e. The van der Waals surface area contributed by atoms with Gasteiger partial charge in [0.05, 0.1) is 6.61 Å². The average molecular weight is 290 g/mol. The Bertz CT molecular complexity index is 568. The van der Waals surface area contributed by atoms with Crippen LogP contribution >= 0.6 is 0 Å². The molecule has 0 aliphatic carbocycles. The van der Waals surface area contributed by atoms with E-state index in [1.54, 1.807) is 24.1 Å². The molecule has 1 aliphatic heterocycles. The first kappa shape index (κ1) is 15.0. The van der Waals surface area contributed by atoms with E-state index in [0.717, 1.165) is 5.56 Å². The summed E-state index contributed by atoms with van der Waals surface area (Å²) in [4.78, 5) is 28.2. The number of amidine groups is 1. The van der Waals surface area contributed by atoms with Gasteiger partial charge < -0.3 is 20.7 Å². The van der Waals surface area contributed by atoms with Gasteiger partial charge in [-0.2, -0.15) is 4.99 Å². The molecule has 1 aliphatic rings. The normalized spacial score (nSPS) is 17.8. The summed E-state index contributed by atoms with van der Waals surface area (Å²) < 4.78 is 5.00. The summed E-state index contributed by atoms with van der Waals surface area (Å²) >= 11 is 0. The Labute approximate surface area is 122 Å². The molecule has 7 nitrogen and oxygen atoms in total. The number of aliphatic imine (C=N–C) groups is 1. The smallest absolute Gasteiger partial charge is 0.346 e. The van der Waals surface area contributed by atoms with Gasteiger partial charge in [0, 0.05) is 26.3 Å². The van der Waals surface area contributed by atoms with Gasteiger partial charge in [-0.05, 0) is 17.7 Å². The lowest BCUT2D eigenvalue weighted by Gasteiger charge is -2.24. The van der Waals surface area contributed by atoms with E-state index in [0.29, 0.717) is 18.8 Å². The molecule has 21 heavy (non-hydrogen) atoms. The molecule has 0 fully saturated rings. The molecule has 2 rings (SSSR count). The number of hydrogen-bond acceptors (Lipinski definition) is 4. The molecule has 1 heterocycles. The number of nitrogens with one attached hydrogen (secondary N) is 1. The fourth-order valence-corrected chi connectivity index (χ4v) is 2.22. The van der Waals surface area contributed by atoms with E-state index in [4.69, 9.17) is 10.5 Å². The van der Waals surface area contributed by atoms with Crippen LogP contribution in [-0.2, 0) is 9.53 Å². The highest BCUT2D eigenvalue weighted by molar-refractivity contribution is 6.03. The van der Waals surface area contributed by atoms with Gasteiger partial charge in [0.25, 0.3) is 0 Å². The number of urea groups is 1. The molecule has 0 saturated heterocycles. The Morgan fingerprint density at radius 1 is 1.43 bits per heavy atom. The average Bonchev–Trinajstić information content (AvgIpc) is 2.71. The summed E-state index contributed by atoms with van der Waals surface area (Å²) in [5.74, 6) is 0.130. The Kier molecular flexibility index (Phi) is 4.54. The molecule has 3 N–H and O–H groups in total. The van der Waals surface area contributed by atoms with Crippen molar-refractivity contribution < 1.29 is 14.3 Å². The standard InChI is InChI=1S/C14H18N4O3/c1-9(19)16-11-5-3-10(4-6-11)12-13(15)17-14(20)18(12)7-8-21-2/h3-6,12H,7-8H2,1-2H3,(H,16,19)(H2,15,17,20). The number of nitrogens with zero attached hydrogens (tertiary/aromatic N) is 2. The number of carbonyl (C=O) groups excluding carboxylic acids is 2. The number of nitrogens with two attached hydrogens (primary N) is 1. The SMILES string of the molecule is COCCN1C(=O)N=C(N)C1c1ccc(NC(C)=O)cc1. The van der Waals surface area contributed by atoms with E-state index in [1.165, 1.54) is 6.92 Å². The number of anilines is 1. The first-order chi connectivity index (χ1) is 10.0. The summed E-state index contributed by atoms with van der Waals surface area (Å²) in [6.07, 6.45) is 0. The molecule has 1 aromatic carbocycles. The Morgan fingerprint density at radius 2 is 2.10 bits per heavy atom. The van der Waals surface area contributed by atoms with Crippen LogP contribution in [0.1, 0.15) is 18.5 Å². The third-order valence-electron chi connectivity index (χ3n) is 3.15. The van der Waals surface area contributed by atoms with Crippen molar-refractivity contribution in [2.75, 3.05) is 25.6 Å². The molecule has 112 valence electrons. The number of ether oxygens (including phenoxy) is 1. The van der Waals surface area contributed by atoms with E-state index in [-0.39, 0.29) is 23.8 Å². The minimum absolute atomic E-state index is 0.137. The number of carbonyl (C=O) groups is 2. The molecule has 0 spiro atoms. The lowest BCUT2D eigenvalue weighted by molar-refractivity contribution is -0.114. The van der Waals surface area contributed by atoms with Crippen molar-refractivity contribution in [3.8, 4) is 0 Å². The highest BCUT2D eigenvalue weighted by atomic mass is 16.5. The molecule has 0 radical (unpaired) electrons. The predicted molar refractivity (Wildman–Crippen MR) is 79.1 cm³/mol. The molecule has 1 atom stereocenters. The van der Waals surface area contributed by atoms with Gasteiger partial charge in [-0.1, -0.05) is 12.1 Å². The molecular formula is C14H18N4O3. The third-order valence-corrected chi connectivity index (χ3v) is 3.15. The highest BCUT2D eigenvalue weighted by Gasteiger charge is 2.34. The number of amides is 3. The number of rotatable bonds is 5. The zero-order valence-corrected chi connectivity index (χ0v) is 12.0. The molecule has 0 saturated carbocycles. The number of methoxy groups -OCH3 is 1. The lowest BCUT2D eigenvalue weighted by atomic mass is 10.0. The zero-order valence-electron chi connectivity index (χ0n) is 12.0. The molecular weight excluding hydrogens is 272 g/mol. The van der Waals surface area contributed by atoms with Gasteiger partial charge in [0.1, 0.15) is 11.9 Å². The van der Waals surface area contributed by atoms with Crippen LogP contribution in [0.4, 0.5) is 10.5 Å². The van der Waals surface area contributed by atoms with Crippen molar-refractivity contribution in [1.82, 2.24) is 4.90 Å². The topological polar surface area (TPSA) is 97.0 Å². The summed E-state index contributed by atoms with van der Waals surface area (Å²) in [6, 6.07) is 6.41. The van der Waals surface area contributed by atoms with Gasteiger partial charge in [-0.15, -0.1) is 0 Å². The monoisotopic (exact) mass is 290 g/mol. The second-order valence-corrected chi connectivity index (χ2v) is 4.71. The summed E-state index contributed by atoms with van der Waals surface area (Å²) in [7, 11) is 1.57. The van der Waals surface area contributed by atoms with Gasteiger partial charge in [0.2, 0.25) is 5.91 Å². The van der Waals surface area contributed by atoms with Crippen molar-refractivity contribution in [2.24, 2.45) is 10.7 Å². The van der Waals surface area contributed by atoms with Crippen LogP contribution in [0.15, 0.2) is 29.3 Å². The van der Waals surface area contributed by atoms with Crippen LogP contribution in [-0.4, -0.2) is 42.9 Å². The van der Waals surface area contributed by atoms with E-state index in [2.05, 4.69) is 10.3 Å². The van der Waals surface area contributed by atoms with Gasteiger partial charge in [0.15, 0.2) is 0 Å². The fourth-order valence-electron chi connectivity index (χ4n) is 2.22. The van der Waals surface area contributed by atoms with Crippen LogP contribution in [0, 0.1) is 0 Å². The summed E-state index contributed by atoms with van der Waals surface area (Å²) in [5, 5.41) is 2.69. The Balaban J connectivity index is 2.19. The molecule has 3 amide bonds. The number of benzene rings is 1. The van der Waals surface area contributed by atoms with Crippen molar-refractivity contribution >= 4 is 23.5 Å². The maximum absolute atomic E-state index is 11.8. The zero-order chi connectivity index (χ0) is 15.4. The maximum atomic E-state index is 11.8. The largest absolute Gasteiger partial charge is 0.385 e. The predicted octanol–water partition coefficient (Wildman–Crippen LogP) is 1.13. The fraction of sp³-hybridized carbons (Fsp3) is 0.357. The summed E-state index contributed by atoms with van der Waals surface area (Å²) in [6.45, 7) is 2.27. The van der Waals surface area contributed by atoms with Crippen molar-refractivity contribution in [3.05, 3.63) is 29.8 Å². The van der Waals surface area contributed by atoms with Crippen LogP contribution in [0.3, 0.4) is 0 Å². The van der Waals surface area contributed by atoms with Crippen LogP contribution in [0.2, 0.25) is 0 Å². The van der Waals surface area contributed by atoms with Crippen molar-refractivity contribution in [1.29, 1.82) is 0 Å². The Morgan fingerprint density at radius 3 is 2.67 bits per heavy atom. The quantitative estimate of drug-likeness (QED) is 0.849. The number of hydrogen-bond donors (Lipinski definition) is 2. The van der Waals surface area contributed by atoms with Gasteiger partial charge in [-0.25, -0.2) is 4.79 Å². The summed E-state index contributed by atoms with van der Waals surface area (Å²) in [5.41, 5.74) is 7.39. The van der Waals surface area contributed by atoms with E-state index in [1.807, 2.05) is 12.1 Å². The molecule has 0 bridgehead atoms. The van der Waals surface area contributed by atoms with Crippen molar-refractivity contribution in [2.45, 2.75) is 13.0 Å². The van der Waals surface area contributed by atoms with Crippen LogP contribution < -0.4 is 11.1 Å². The van der Waals surface area contributed by atoms with E-state index < -0.39 is 0 Å². The second-order valence-electron chi connectivity index (χ2n) is 4.71. The van der Waals surface area contributed by atoms with Crippen LogP contribution in [0.25, 0.3) is 0 Å². The second kappa shape index (κ2) is 6.36. The van der Waals surface area contributed by atoms with E-state index >= 15 is 0 Å².